The van der Waals surface area contributed by atoms with Crippen molar-refractivity contribution in [1.29, 1.82) is 0 Å². The molecule has 43 heavy (non-hydrogen) atoms. The van der Waals surface area contributed by atoms with Crippen LogP contribution in [0.2, 0.25) is 0 Å². The Balaban J connectivity index is 0.000000206. The van der Waals surface area contributed by atoms with E-state index in [1.807, 2.05) is 0 Å². The van der Waals surface area contributed by atoms with E-state index in [1.165, 1.54) is 31.8 Å². The van der Waals surface area contributed by atoms with E-state index >= 15 is 0 Å². The van der Waals surface area contributed by atoms with Crippen LogP contribution in [0.4, 0.5) is 0 Å². The summed E-state index contributed by atoms with van der Waals surface area (Å²) in [5.74, 6) is -0.833. The Morgan fingerprint density at radius 1 is 0.372 bits per heavy atom. The van der Waals surface area contributed by atoms with Crippen molar-refractivity contribution in [3.63, 3.8) is 0 Å². The molecule has 6 rings (SSSR count). The largest absolute Gasteiger partial charge is 0.481 e. The number of hydrogen-bond acceptors (Lipinski definition) is 1. The second-order valence-corrected chi connectivity index (χ2v) is 13.6. The van der Waals surface area contributed by atoms with Crippen LogP contribution in [0.15, 0.2) is 182 Å². The zero-order valence-electron chi connectivity index (χ0n) is 23.9. The second-order valence-electron chi connectivity index (χ2n) is 9.20. The van der Waals surface area contributed by atoms with Gasteiger partial charge < -0.3 is 5.11 Å². The predicted octanol–water partition coefficient (Wildman–Crippen LogP) is 6.98. The molecule has 0 fully saturated rings. The standard InChI is InChI=1S/2C18H15P.C2H4O2.Pd/c2*1-4-10-16(11-5-1)19(17-12-6-2-7-13-17)18-14-8-3-9-15-18;1-2(3)4;/h2*1-15H;1H3,(H,3,4);. The third-order valence-corrected chi connectivity index (χ3v) is 11.0. The van der Waals surface area contributed by atoms with E-state index in [-0.39, 0.29) is 20.4 Å². The van der Waals surface area contributed by atoms with Crippen molar-refractivity contribution >= 4 is 53.6 Å². The van der Waals surface area contributed by atoms with Crippen LogP contribution >= 0.6 is 15.8 Å². The van der Waals surface area contributed by atoms with Crippen LogP contribution in [0, 0.1) is 0 Å². The molecule has 6 aromatic rings. The van der Waals surface area contributed by atoms with Gasteiger partial charge in [-0.2, -0.15) is 0 Å². The molecule has 0 aromatic heterocycles. The number of carboxylic acid groups (broad SMARTS) is 1. The summed E-state index contributed by atoms with van der Waals surface area (Å²) in [6, 6.07) is 64.7. The monoisotopic (exact) mass is 690 g/mol. The van der Waals surface area contributed by atoms with Crippen molar-refractivity contribution in [3.05, 3.63) is 182 Å². The summed E-state index contributed by atoms with van der Waals surface area (Å²) in [6.07, 6.45) is 0. The maximum Gasteiger partial charge on any atom is 0.300 e. The Labute approximate surface area is 271 Å². The quantitative estimate of drug-likeness (QED) is 0.151. The van der Waals surface area contributed by atoms with Gasteiger partial charge in [-0.05, 0) is 47.7 Å². The molecular weight excluding hydrogens is 657 g/mol. The fraction of sp³-hybridized carbons (Fsp3) is 0.0263. The first-order chi connectivity index (χ1) is 20.6. The van der Waals surface area contributed by atoms with E-state index in [2.05, 4.69) is 182 Å². The Morgan fingerprint density at radius 2 is 0.488 bits per heavy atom. The third-order valence-electron chi connectivity index (χ3n) is 6.09. The van der Waals surface area contributed by atoms with Crippen molar-refractivity contribution in [2.45, 2.75) is 6.92 Å². The van der Waals surface area contributed by atoms with Crippen molar-refractivity contribution in [3.8, 4) is 0 Å². The fourth-order valence-electron chi connectivity index (χ4n) is 4.36. The molecule has 1 N–H and O–H groups in total. The molecule has 0 spiro atoms. The van der Waals surface area contributed by atoms with Crippen LogP contribution in [0.5, 0.6) is 0 Å². The molecule has 6 aromatic carbocycles. The molecule has 0 unspecified atom stereocenters. The van der Waals surface area contributed by atoms with E-state index in [0.29, 0.717) is 0 Å². The average Bonchev–Trinajstić information content (AvgIpc) is 3.05. The average molecular weight is 691 g/mol. The molecule has 0 aliphatic heterocycles. The number of rotatable bonds is 6. The number of carboxylic acids is 1. The summed E-state index contributed by atoms with van der Waals surface area (Å²) in [7, 11) is -0.892. The van der Waals surface area contributed by atoms with Crippen LogP contribution in [0.1, 0.15) is 6.92 Å². The molecule has 0 saturated heterocycles. The fourth-order valence-corrected chi connectivity index (χ4v) is 8.97. The third kappa shape index (κ3) is 10.8. The van der Waals surface area contributed by atoms with Gasteiger partial charge in [-0.15, -0.1) is 0 Å². The van der Waals surface area contributed by atoms with Gasteiger partial charge in [0.05, 0.1) is 0 Å². The number of carbonyl (C=O) groups is 1. The molecule has 0 aliphatic carbocycles. The Hall–Kier alpha value is -3.69. The van der Waals surface area contributed by atoms with Gasteiger partial charge in [0, 0.05) is 27.3 Å². The molecule has 5 heteroatoms. The minimum atomic E-state index is -0.833. The molecule has 2 nitrogen and oxygen atoms in total. The van der Waals surface area contributed by atoms with Gasteiger partial charge in [-0.25, -0.2) is 0 Å². The number of aliphatic carboxylic acids is 1. The van der Waals surface area contributed by atoms with E-state index in [9.17, 15) is 0 Å². The maximum absolute atomic E-state index is 9.00. The number of benzene rings is 6. The first-order valence-electron chi connectivity index (χ1n) is 13.7. The SMILES string of the molecule is CC(=O)O.[Pd].c1ccc(P(c2ccccc2)c2ccccc2)cc1.c1ccc(P(c2ccccc2)c2ccccc2)cc1. The van der Waals surface area contributed by atoms with Crippen molar-refractivity contribution in [1.82, 2.24) is 0 Å². The Bertz CT molecular complexity index is 1280. The Morgan fingerprint density at radius 3 is 0.605 bits per heavy atom. The molecule has 0 heterocycles. The van der Waals surface area contributed by atoms with Gasteiger partial charge in [-0.1, -0.05) is 182 Å². The van der Waals surface area contributed by atoms with Gasteiger partial charge in [0.15, 0.2) is 0 Å². The molecule has 0 atom stereocenters. The zero-order chi connectivity index (χ0) is 29.4. The number of hydrogen-bond donors (Lipinski definition) is 1. The van der Waals surface area contributed by atoms with Crippen LogP contribution in [0.3, 0.4) is 0 Å². The normalized spacial score (nSPS) is 9.93. The van der Waals surface area contributed by atoms with Crippen LogP contribution < -0.4 is 31.8 Å². The van der Waals surface area contributed by atoms with E-state index in [1.54, 1.807) is 0 Å². The summed E-state index contributed by atoms with van der Waals surface area (Å²) in [5, 5.41) is 15.8. The minimum Gasteiger partial charge on any atom is -0.481 e. The molecule has 0 aliphatic rings. The van der Waals surface area contributed by atoms with Crippen molar-refractivity contribution in [2.24, 2.45) is 0 Å². The first kappa shape index (κ1) is 33.8. The van der Waals surface area contributed by atoms with Gasteiger partial charge in [0.2, 0.25) is 0 Å². The Kier molecular flexibility index (Phi) is 14.8. The van der Waals surface area contributed by atoms with E-state index in [4.69, 9.17) is 9.90 Å². The predicted molar refractivity (Wildman–Crippen MR) is 184 cm³/mol. The van der Waals surface area contributed by atoms with Crippen LogP contribution in [-0.4, -0.2) is 11.1 Å². The zero-order valence-corrected chi connectivity index (χ0v) is 27.2. The first-order valence-corrected chi connectivity index (χ1v) is 16.4. The molecule has 0 bridgehead atoms. The minimum absolute atomic E-state index is 0. The summed E-state index contributed by atoms with van der Waals surface area (Å²) in [4.78, 5) is 9.00. The molecular formula is C38H34O2P2Pd. The van der Waals surface area contributed by atoms with Crippen molar-refractivity contribution in [2.75, 3.05) is 0 Å². The molecule has 218 valence electrons. The molecule has 0 saturated carbocycles. The topological polar surface area (TPSA) is 37.3 Å². The van der Waals surface area contributed by atoms with E-state index < -0.39 is 21.8 Å². The van der Waals surface area contributed by atoms with Gasteiger partial charge in [-0.3, -0.25) is 4.79 Å². The van der Waals surface area contributed by atoms with E-state index in [0.717, 1.165) is 6.92 Å². The second kappa shape index (κ2) is 18.8. The van der Waals surface area contributed by atoms with Gasteiger partial charge >= 0.3 is 0 Å². The molecule has 0 radical (unpaired) electrons. The molecule has 0 amide bonds. The smallest absolute Gasteiger partial charge is 0.300 e. The van der Waals surface area contributed by atoms with Crippen LogP contribution in [0.25, 0.3) is 0 Å². The summed E-state index contributed by atoms with van der Waals surface area (Å²) < 4.78 is 0. The van der Waals surface area contributed by atoms with Gasteiger partial charge in [0.25, 0.3) is 5.97 Å². The van der Waals surface area contributed by atoms with Gasteiger partial charge in [0.1, 0.15) is 0 Å². The van der Waals surface area contributed by atoms with Crippen molar-refractivity contribution < 1.29 is 30.3 Å². The summed E-state index contributed by atoms with van der Waals surface area (Å²) >= 11 is 0. The van der Waals surface area contributed by atoms with Crippen LogP contribution in [-0.2, 0) is 25.2 Å². The summed E-state index contributed by atoms with van der Waals surface area (Å²) in [6.45, 7) is 1.08. The maximum atomic E-state index is 9.00. The summed E-state index contributed by atoms with van der Waals surface area (Å²) in [5.41, 5.74) is 0.